The van der Waals surface area contributed by atoms with E-state index in [1.54, 1.807) is 12.3 Å². The Morgan fingerprint density at radius 3 is 3.00 bits per heavy atom. The molecule has 0 saturated heterocycles. The number of nitrogens with zero attached hydrogens (tertiary/aromatic N) is 2. The Morgan fingerprint density at radius 2 is 2.39 bits per heavy atom. The molecular formula is C13H19N3O2. The summed E-state index contributed by atoms with van der Waals surface area (Å²) in [6.07, 6.45) is 6.48. The number of nitrogens with one attached hydrogen (secondary N) is 1. The van der Waals surface area contributed by atoms with Crippen molar-refractivity contribution in [2.75, 3.05) is 12.4 Å². The number of esters is 1. The molecule has 0 amide bonds. The zero-order chi connectivity index (χ0) is 13.0. The lowest BCUT2D eigenvalue weighted by Crippen LogP contribution is -2.20. The lowest BCUT2D eigenvalue weighted by atomic mass is 10.1. The Bertz CT molecular complexity index is 418. The largest absolute Gasteiger partial charge is 0.463 e. The third kappa shape index (κ3) is 3.42. The smallest absolute Gasteiger partial charge is 0.376 e. The minimum atomic E-state index is -0.506. The fourth-order valence-corrected chi connectivity index (χ4v) is 1.92. The maximum Gasteiger partial charge on any atom is 0.376 e. The molecule has 1 aliphatic carbocycles. The number of ether oxygens (including phenoxy) is 1. The summed E-state index contributed by atoms with van der Waals surface area (Å²) in [6, 6.07) is 2.19. The molecule has 1 N–H and O–H groups in total. The Labute approximate surface area is 107 Å². The van der Waals surface area contributed by atoms with Gasteiger partial charge in [-0.1, -0.05) is 19.8 Å². The minimum Gasteiger partial charge on any atom is -0.463 e. The lowest BCUT2D eigenvalue weighted by molar-refractivity contribution is 0.0587. The van der Waals surface area contributed by atoms with Gasteiger partial charge in [0, 0.05) is 12.2 Å². The first-order valence-electron chi connectivity index (χ1n) is 6.40. The number of methoxy groups -OCH3 is 1. The zero-order valence-electron chi connectivity index (χ0n) is 10.8. The molecule has 1 atom stereocenters. The van der Waals surface area contributed by atoms with Crippen molar-refractivity contribution in [2.24, 2.45) is 5.92 Å². The van der Waals surface area contributed by atoms with Crippen LogP contribution in [0.2, 0.25) is 0 Å². The van der Waals surface area contributed by atoms with Gasteiger partial charge >= 0.3 is 5.97 Å². The second-order valence-corrected chi connectivity index (χ2v) is 4.69. The summed E-state index contributed by atoms with van der Waals surface area (Å²) in [5, 5.41) is 3.36. The fourth-order valence-electron chi connectivity index (χ4n) is 1.92. The number of hydrogen-bond donors (Lipinski definition) is 1. The van der Waals surface area contributed by atoms with Crippen LogP contribution in [0.15, 0.2) is 12.3 Å². The van der Waals surface area contributed by atoms with Crippen molar-refractivity contribution in [1.82, 2.24) is 9.97 Å². The Kier molecular flexibility index (Phi) is 4.12. The molecule has 98 valence electrons. The van der Waals surface area contributed by atoms with Gasteiger partial charge in [-0.3, -0.25) is 0 Å². The van der Waals surface area contributed by atoms with Crippen LogP contribution in [-0.4, -0.2) is 29.1 Å². The van der Waals surface area contributed by atoms with Crippen LogP contribution in [0.4, 0.5) is 5.82 Å². The van der Waals surface area contributed by atoms with E-state index in [9.17, 15) is 4.79 Å². The van der Waals surface area contributed by atoms with Crippen LogP contribution in [0.1, 0.15) is 43.2 Å². The van der Waals surface area contributed by atoms with Gasteiger partial charge < -0.3 is 10.1 Å². The van der Waals surface area contributed by atoms with Crippen LogP contribution in [0.25, 0.3) is 0 Å². The molecule has 1 fully saturated rings. The summed E-state index contributed by atoms with van der Waals surface area (Å²) in [4.78, 5) is 19.4. The fraction of sp³-hybridized carbons (Fsp3) is 0.615. The zero-order valence-corrected chi connectivity index (χ0v) is 10.8. The quantitative estimate of drug-likeness (QED) is 0.783. The Balaban J connectivity index is 2.00. The third-order valence-electron chi connectivity index (χ3n) is 3.18. The van der Waals surface area contributed by atoms with E-state index in [1.807, 2.05) is 0 Å². The van der Waals surface area contributed by atoms with Crippen LogP contribution < -0.4 is 5.32 Å². The summed E-state index contributed by atoms with van der Waals surface area (Å²) in [5.41, 5.74) is 0. The first-order valence-corrected chi connectivity index (χ1v) is 6.40. The van der Waals surface area contributed by atoms with Crippen molar-refractivity contribution in [3.63, 3.8) is 0 Å². The Morgan fingerprint density at radius 1 is 1.61 bits per heavy atom. The highest BCUT2D eigenvalue weighted by molar-refractivity contribution is 5.85. The van der Waals surface area contributed by atoms with Gasteiger partial charge in [0.2, 0.25) is 5.82 Å². The van der Waals surface area contributed by atoms with E-state index in [1.165, 1.54) is 26.4 Å². The summed E-state index contributed by atoms with van der Waals surface area (Å²) >= 11 is 0. The van der Waals surface area contributed by atoms with Crippen LogP contribution in [0.5, 0.6) is 0 Å². The standard InChI is InChI=1S/C13H19N3O2/c1-3-10(8-9-4-5-9)15-11-6-7-14-12(16-11)13(17)18-2/h6-7,9-10H,3-5,8H2,1-2H3,(H,14,15,16). The van der Waals surface area contributed by atoms with Gasteiger partial charge in [-0.2, -0.15) is 0 Å². The van der Waals surface area contributed by atoms with Crippen molar-refractivity contribution in [3.05, 3.63) is 18.1 Å². The van der Waals surface area contributed by atoms with E-state index in [0.29, 0.717) is 11.9 Å². The second kappa shape index (κ2) is 5.80. The van der Waals surface area contributed by atoms with E-state index in [-0.39, 0.29) is 5.82 Å². The highest BCUT2D eigenvalue weighted by Gasteiger charge is 2.24. The van der Waals surface area contributed by atoms with E-state index < -0.39 is 5.97 Å². The van der Waals surface area contributed by atoms with Gasteiger partial charge in [0.05, 0.1) is 7.11 Å². The minimum absolute atomic E-state index is 0.101. The van der Waals surface area contributed by atoms with Gasteiger partial charge in [-0.15, -0.1) is 0 Å². The number of carbonyl (C=O) groups excluding carboxylic acids is 1. The molecule has 1 aromatic rings. The van der Waals surface area contributed by atoms with Crippen molar-refractivity contribution < 1.29 is 9.53 Å². The predicted octanol–water partition coefficient (Wildman–Crippen LogP) is 2.25. The average molecular weight is 249 g/mol. The maximum atomic E-state index is 11.3. The maximum absolute atomic E-state index is 11.3. The molecule has 2 rings (SSSR count). The second-order valence-electron chi connectivity index (χ2n) is 4.69. The lowest BCUT2D eigenvalue weighted by Gasteiger charge is -2.17. The number of rotatable bonds is 6. The van der Waals surface area contributed by atoms with Gasteiger partial charge in [-0.25, -0.2) is 14.8 Å². The molecule has 1 aliphatic rings. The molecular weight excluding hydrogens is 230 g/mol. The first-order chi connectivity index (χ1) is 8.72. The first kappa shape index (κ1) is 12.8. The molecule has 1 aromatic heterocycles. The van der Waals surface area contributed by atoms with Crippen LogP contribution in [-0.2, 0) is 4.74 Å². The van der Waals surface area contributed by atoms with Crippen LogP contribution in [0, 0.1) is 5.92 Å². The van der Waals surface area contributed by atoms with Crippen molar-refractivity contribution in [3.8, 4) is 0 Å². The monoisotopic (exact) mass is 249 g/mol. The molecule has 1 saturated carbocycles. The predicted molar refractivity (Wildman–Crippen MR) is 68.4 cm³/mol. The average Bonchev–Trinajstić information content (AvgIpc) is 3.21. The molecule has 1 unspecified atom stereocenters. The molecule has 0 bridgehead atoms. The van der Waals surface area contributed by atoms with Gasteiger partial charge in [0.25, 0.3) is 0 Å². The van der Waals surface area contributed by atoms with E-state index in [2.05, 4.69) is 26.9 Å². The summed E-state index contributed by atoms with van der Waals surface area (Å²) in [7, 11) is 1.33. The molecule has 0 radical (unpaired) electrons. The summed E-state index contributed by atoms with van der Waals surface area (Å²) in [5.74, 6) is 1.15. The van der Waals surface area contributed by atoms with Gasteiger partial charge in [0.15, 0.2) is 0 Å². The topological polar surface area (TPSA) is 64.1 Å². The van der Waals surface area contributed by atoms with E-state index >= 15 is 0 Å². The highest BCUT2D eigenvalue weighted by atomic mass is 16.5. The van der Waals surface area contributed by atoms with E-state index in [4.69, 9.17) is 0 Å². The van der Waals surface area contributed by atoms with Crippen molar-refractivity contribution in [2.45, 2.75) is 38.6 Å². The summed E-state index contributed by atoms with van der Waals surface area (Å²) < 4.78 is 4.61. The Hall–Kier alpha value is -1.65. The molecule has 5 nitrogen and oxygen atoms in total. The molecule has 0 spiro atoms. The molecule has 0 aromatic carbocycles. The van der Waals surface area contributed by atoms with Crippen LogP contribution in [0.3, 0.4) is 0 Å². The van der Waals surface area contributed by atoms with E-state index in [0.717, 1.165) is 12.3 Å². The molecule has 0 aliphatic heterocycles. The van der Waals surface area contributed by atoms with Gasteiger partial charge in [0.1, 0.15) is 5.82 Å². The molecule has 1 heterocycles. The number of hydrogen-bond acceptors (Lipinski definition) is 5. The number of anilines is 1. The number of aromatic nitrogens is 2. The SMILES string of the molecule is CCC(CC1CC1)Nc1ccnc(C(=O)OC)n1. The normalized spacial score (nSPS) is 16.1. The van der Waals surface area contributed by atoms with Crippen molar-refractivity contribution in [1.29, 1.82) is 0 Å². The summed E-state index contributed by atoms with van der Waals surface area (Å²) in [6.45, 7) is 2.16. The van der Waals surface area contributed by atoms with Crippen molar-refractivity contribution >= 4 is 11.8 Å². The molecule has 18 heavy (non-hydrogen) atoms. The van der Waals surface area contributed by atoms with Gasteiger partial charge in [-0.05, 0) is 24.8 Å². The van der Waals surface area contributed by atoms with Crippen LogP contribution >= 0.6 is 0 Å². The highest BCUT2D eigenvalue weighted by Crippen LogP contribution is 2.34. The third-order valence-corrected chi connectivity index (χ3v) is 3.18. The molecule has 5 heteroatoms. The number of carbonyl (C=O) groups is 1.